The number of carbonyl (C=O) groups excluding carboxylic acids is 1. The second-order valence-corrected chi connectivity index (χ2v) is 5.57. The van der Waals surface area contributed by atoms with Gasteiger partial charge in [-0.05, 0) is 29.2 Å². The molecule has 0 radical (unpaired) electrons. The van der Waals surface area contributed by atoms with E-state index < -0.39 is 0 Å². The third-order valence-corrected chi connectivity index (χ3v) is 3.78. The zero-order valence-electron chi connectivity index (χ0n) is 13.0. The van der Waals surface area contributed by atoms with Crippen LogP contribution in [-0.4, -0.2) is 17.9 Å². The van der Waals surface area contributed by atoms with Crippen LogP contribution in [0.2, 0.25) is 0 Å². The van der Waals surface area contributed by atoms with Crippen LogP contribution in [0.3, 0.4) is 0 Å². The Bertz CT molecular complexity index is 656. The van der Waals surface area contributed by atoms with E-state index in [1.165, 1.54) is 5.56 Å². The SMILES string of the molecule is CC(CC(=O)N(C)Cc1ccc(C#N)cc1)c1ccccc1. The van der Waals surface area contributed by atoms with Crippen LogP contribution < -0.4 is 0 Å². The minimum absolute atomic E-state index is 0.126. The summed E-state index contributed by atoms with van der Waals surface area (Å²) >= 11 is 0. The number of amides is 1. The third kappa shape index (κ3) is 4.20. The molecule has 2 aromatic rings. The van der Waals surface area contributed by atoms with Crippen LogP contribution in [0.4, 0.5) is 0 Å². The highest BCUT2D eigenvalue weighted by Gasteiger charge is 2.15. The second-order valence-electron chi connectivity index (χ2n) is 5.57. The number of benzene rings is 2. The van der Waals surface area contributed by atoms with Crippen molar-refractivity contribution in [3.63, 3.8) is 0 Å². The van der Waals surface area contributed by atoms with Gasteiger partial charge in [0, 0.05) is 20.0 Å². The van der Waals surface area contributed by atoms with Crippen molar-refractivity contribution in [1.82, 2.24) is 4.90 Å². The summed E-state index contributed by atoms with van der Waals surface area (Å²) in [5.41, 5.74) is 2.85. The van der Waals surface area contributed by atoms with E-state index in [2.05, 4.69) is 25.1 Å². The molecular weight excluding hydrogens is 272 g/mol. The van der Waals surface area contributed by atoms with Crippen molar-refractivity contribution in [2.75, 3.05) is 7.05 Å². The largest absolute Gasteiger partial charge is 0.341 e. The second kappa shape index (κ2) is 7.42. The lowest BCUT2D eigenvalue weighted by molar-refractivity contribution is -0.130. The van der Waals surface area contributed by atoms with Crippen LogP contribution in [0.15, 0.2) is 54.6 Å². The number of nitriles is 1. The summed E-state index contributed by atoms with van der Waals surface area (Å²) in [6.07, 6.45) is 0.497. The molecular formula is C19H20N2O. The van der Waals surface area contributed by atoms with E-state index >= 15 is 0 Å². The van der Waals surface area contributed by atoms with Gasteiger partial charge in [0.05, 0.1) is 11.6 Å². The fourth-order valence-corrected chi connectivity index (χ4v) is 2.36. The summed E-state index contributed by atoms with van der Waals surface area (Å²) < 4.78 is 0. The number of hydrogen-bond acceptors (Lipinski definition) is 2. The quantitative estimate of drug-likeness (QED) is 0.843. The molecule has 3 heteroatoms. The van der Waals surface area contributed by atoms with Gasteiger partial charge >= 0.3 is 0 Å². The lowest BCUT2D eigenvalue weighted by Crippen LogP contribution is -2.27. The number of nitrogens with zero attached hydrogens (tertiary/aromatic N) is 2. The van der Waals surface area contributed by atoms with E-state index in [4.69, 9.17) is 5.26 Å². The molecule has 0 bridgehead atoms. The normalized spacial score (nSPS) is 11.5. The Kier molecular flexibility index (Phi) is 5.32. The number of carbonyl (C=O) groups is 1. The van der Waals surface area contributed by atoms with Gasteiger partial charge in [-0.1, -0.05) is 49.4 Å². The summed E-state index contributed by atoms with van der Waals surface area (Å²) in [5, 5.41) is 8.79. The molecule has 2 aromatic carbocycles. The standard InChI is InChI=1S/C19H20N2O/c1-15(18-6-4-3-5-7-18)12-19(22)21(2)14-17-10-8-16(13-20)9-11-17/h3-11,15H,12,14H2,1-2H3. The molecule has 0 aliphatic heterocycles. The fraction of sp³-hybridized carbons (Fsp3) is 0.263. The van der Waals surface area contributed by atoms with Crippen LogP contribution in [0.5, 0.6) is 0 Å². The molecule has 0 heterocycles. The molecule has 1 atom stereocenters. The topological polar surface area (TPSA) is 44.1 Å². The van der Waals surface area contributed by atoms with Crippen molar-refractivity contribution in [3.05, 3.63) is 71.3 Å². The van der Waals surface area contributed by atoms with Gasteiger partial charge in [0.15, 0.2) is 0 Å². The molecule has 22 heavy (non-hydrogen) atoms. The first-order chi connectivity index (χ1) is 10.6. The molecule has 0 fully saturated rings. The lowest BCUT2D eigenvalue weighted by atomic mass is 9.97. The average Bonchev–Trinajstić information content (AvgIpc) is 2.56. The molecule has 2 rings (SSSR count). The predicted octanol–water partition coefficient (Wildman–Crippen LogP) is 3.71. The first-order valence-corrected chi connectivity index (χ1v) is 7.38. The van der Waals surface area contributed by atoms with Gasteiger partial charge in [0.1, 0.15) is 0 Å². The van der Waals surface area contributed by atoms with Crippen LogP contribution in [0, 0.1) is 11.3 Å². The lowest BCUT2D eigenvalue weighted by Gasteiger charge is -2.20. The van der Waals surface area contributed by atoms with Crippen molar-refractivity contribution >= 4 is 5.91 Å². The third-order valence-electron chi connectivity index (χ3n) is 3.78. The maximum absolute atomic E-state index is 12.3. The van der Waals surface area contributed by atoms with E-state index in [-0.39, 0.29) is 11.8 Å². The Morgan fingerprint density at radius 2 is 1.77 bits per heavy atom. The Labute approximate surface area is 131 Å². The van der Waals surface area contributed by atoms with Crippen LogP contribution >= 0.6 is 0 Å². The zero-order chi connectivity index (χ0) is 15.9. The molecule has 0 N–H and O–H groups in total. The highest BCUT2D eigenvalue weighted by Crippen LogP contribution is 2.19. The van der Waals surface area contributed by atoms with E-state index in [9.17, 15) is 4.79 Å². The molecule has 112 valence electrons. The van der Waals surface area contributed by atoms with Gasteiger partial charge in [-0.3, -0.25) is 4.79 Å². The van der Waals surface area contributed by atoms with E-state index in [1.807, 2.05) is 37.4 Å². The van der Waals surface area contributed by atoms with Crippen LogP contribution in [-0.2, 0) is 11.3 Å². The minimum atomic E-state index is 0.126. The Balaban J connectivity index is 1.93. The monoisotopic (exact) mass is 292 g/mol. The zero-order valence-corrected chi connectivity index (χ0v) is 13.0. The fourth-order valence-electron chi connectivity index (χ4n) is 2.36. The summed E-state index contributed by atoms with van der Waals surface area (Å²) in [5.74, 6) is 0.331. The summed E-state index contributed by atoms with van der Waals surface area (Å²) in [6, 6.07) is 19.5. The maximum Gasteiger partial charge on any atom is 0.223 e. The Morgan fingerprint density at radius 1 is 1.14 bits per heavy atom. The predicted molar refractivity (Wildman–Crippen MR) is 87.1 cm³/mol. The molecule has 0 aliphatic rings. The molecule has 0 saturated heterocycles. The van der Waals surface area contributed by atoms with Crippen molar-refractivity contribution < 1.29 is 4.79 Å². The van der Waals surface area contributed by atoms with E-state index in [0.29, 0.717) is 18.5 Å². The van der Waals surface area contributed by atoms with Crippen molar-refractivity contribution in [1.29, 1.82) is 5.26 Å². The van der Waals surface area contributed by atoms with Crippen LogP contribution in [0.25, 0.3) is 0 Å². The van der Waals surface area contributed by atoms with Gasteiger partial charge in [-0.15, -0.1) is 0 Å². The van der Waals surface area contributed by atoms with Gasteiger partial charge in [-0.2, -0.15) is 5.26 Å². The molecule has 3 nitrogen and oxygen atoms in total. The van der Waals surface area contributed by atoms with E-state index in [0.717, 1.165) is 5.56 Å². The van der Waals surface area contributed by atoms with Crippen molar-refractivity contribution in [2.45, 2.75) is 25.8 Å². The van der Waals surface area contributed by atoms with Gasteiger partial charge < -0.3 is 4.90 Å². The summed E-state index contributed by atoms with van der Waals surface area (Å²) in [6.45, 7) is 2.63. The van der Waals surface area contributed by atoms with Gasteiger partial charge in [-0.25, -0.2) is 0 Å². The summed E-state index contributed by atoms with van der Waals surface area (Å²) in [7, 11) is 1.82. The summed E-state index contributed by atoms with van der Waals surface area (Å²) in [4.78, 5) is 14.1. The van der Waals surface area contributed by atoms with Crippen molar-refractivity contribution in [2.24, 2.45) is 0 Å². The Hall–Kier alpha value is -2.60. The molecule has 0 saturated carbocycles. The number of rotatable bonds is 5. The molecule has 1 amide bonds. The average molecular weight is 292 g/mol. The van der Waals surface area contributed by atoms with E-state index in [1.54, 1.807) is 17.0 Å². The molecule has 1 unspecified atom stereocenters. The Morgan fingerprint density at radius 3 is 2.36 bits per heavy atom. The molecule has 0 spiro atoms. The van der Waals surface area contributed by atoms with Gasteiger partial charge in [0.25, 0.3) is 0 Å². The highest BCUT2D eigenvalue weighted by atomic mass is 16.2. The van der Waals surface area contributed by atoms with Gasteiger partial charge in [0.2, 0.25) is 5.91 Å². The highest BCUT2D eigenvalue weighted by molar-refractivity contribution is 5.76. The first kappa shape index (κ1) is 15.8. The molecule has 0 aliphatic carbocycles. The van der Waals surface area contributed by atoms with Crippen molar-refractivity contribution in [3.8, 4) is 6.07 Å². The maximum atomic E-state index is 12.3. The minimum Gasteiger partial charge on any atom is -0.341 e. The first-order valence-electron chi connectivity index (χ1n) is 7.38. The number of hydrogen-bond donors (Lipinski definition) is 0. The molecule has 0 aromatic heterocycles. The smallest absolute Gasteiger partial charge is 0.223 e. The van der Waals surface area contributed by atoms with Crippen LogP contribution in [0.1, 0.15) is 36.0 Å².